The molecule has 0 spiro atoms. The van der Waals surface area contributed by atoms with E-state index >= 15 is 0 Å². The highest BCUT2D eigenvalue weighted by Gasteiger charge is 2.12. The molecule has 0 atom stereocenters. The van der Waals surface area contributed by atoms with E-state index < -0.39 is 11.5 Å². The molecule has 1 aromatic carbocycles. The van der Waals surface area contributed by atoms with Crippen molar-refractivity contribution in [2.45, 2.75) is 33.4 Å². The smallest absolute Gasteiger partial charge is 0.263 e. The van der Waals surface area contributed by atoms with E-state index in [0.717, 1.165) is 11.4 Å². The summed E-state index contributed by atoms with van der Waals surface area (Å²) >= 11 is 0. The Hall–Kier alpha value is -3.42. The van der Waals surface area contributed by atoms with Crippen LogP contribution in [0.5, 0.6) is 5.75 Å². The van der Waals surface area contributed by atoms with Crippen LogP contribution in [0.15, 0.2) is 47.4 Å². The highest BCUT2D eigenvalue weighted by atomic mass is 16.5. The number of H-pyrrole nitrogens is 1. The van der Waals surface area contributed by atoms with Crippen LogP contribution in [-0.2, 0) is 13.2 Å². The summed E-state index contributed by atoms with van der Waals surface area (Å²) in [5.74, 6) is 0.585. The number of nitrogens with zero attached hydrogens (tertiary/aromatic N) is 3. The average Bonchev–Trinajstić information content (AvgIpc) is 3.01. The Morgan fingerprint density at radius 2 is 2.04 bits per heavy atom. The number of para-hydroxylation sites is 1. The lowest BCUT2D eigenvalue weighted by Crippen LogP contribution is -2.31. The van der Waals surface area contributed by atoms with Gasteiger partial charge < -0.3 is 15.0 Å². The van der Waals surface area contributed by atoms with Crippen molar-refractivity contribution in [2.24, 2.45) is 0 Å². The van der Waals surface area contributed by atoms with Crippen LogP contribution in [0.3, 0.4) is 0 Å². The van der Waals surface area contributed by atoms with E-state index in [0.29, 0.717) is 31.1 Å². The number of ether oxygens (including phenoxy) is 1. The summed E-state index contributed by atoms with van der Waals surface area (Å²) < 4.78 is 7.44. The number of carbonyl (C=O) groups excluding carboxylic acids is 1. The molecule has 8 heteroatoms. The Morgan fingerprint density at radius 3 is 2.71 bits per heavy atom. The number of aromatic nitrogens is 4. The summed E-state index contributed by atoms with van der Waals surface area (Å²) in [6.45, 7) is 5.19. The summed E-state index contributed by atoms with van der Waals surface area (Å²) in [7, 11) is 0. The minimum atomic E-state index is -0.488. The second-order valence-corrected chi connectivity index (χ2v) is 6.43. The molecule has 2 heterocycles. The van der Waals surface area contributed by atoms with Crippen LogP contribution in [0.4, 0.5) is 0 Å². The molecule has 0 aliphatic rings. The molecule has 8 nitrogen and oxygen atoms in total. The van der Waals surface area contributed by atoms with Crippen molar-refractivity contribution in [2.75, 3.05) is 6.54 Å². The quantitative estimate of drug-likeness (QED) is 0.581. The van der Waals surface area contributed by atoms with Crippen molar-refractivity contribution in [1.82, 2.24) is 25.1 Å². The van der Waals surface area contributed by atoms with Crippen molar-refractivity contribution in [3.05, 3.63) is 75.7 Å². The molecule has 1 amide bonds. The first-order valence-electron chi connectivity index (χ1n) is 9.08. The van der Waals surface area contributed by atoms with Crippen molar-refractivity contribution < 1.29 is 9.53 Å². The van der Waals surface area contributed by atoms with E-state index in [1.807, 2.05) is 54.9 Å². The molecule has 2 N–H and O–H groups in total. The molecule has 3 rings (SSSR count). The molecule has 0 saturated carbocycles. The fourth-order valence-electron chi connectivity index (χ4n) is 2.76. The van der Waals surface area contributed by atoms with Gasteiger partial charge in [-0.15, -0.1) is 0 Å². The molecule has 0 saturated heterocycles. The monoisotopic (exact) mass is 381 g/mol. The Balaban J connectivity index is 1.49. The number of hydrogen-bond acceptors (Lipinski definition) is 5. The van der Waals surface area contributed by atoms with Crippen molar-refractivity contribution in [1.29, 1.82) is 0 Å². The van der Waals surface area contributed by atoms with E-state index in [9.17, 15) is 9.59 Å². The first-order chi connectivity index (χ1) is 13.5. The topological polar surface area (TPSA) is 102 Å². The van der Waals surface area contributed by atoms with Crippen LogP contribution in [-0.4, -0.2) is 32.2 Å². The van der Waals surface area contributed by atoms with Gasteiger partial charge in [-0.25, -0.2) is 4.98 Å². The predicted octanol–water partition coefficient (Wildman–Crippen LogP) is 1.98. The summed E-state index contributed by atoms with van der Waals surface area (Å²) in [6, 6.07) is 11.2. The fourth-order valence-corrected chi connectivity index (χ4v) is 2.76. The molecule has 0 aliphatic carbocycles. The third-order valence-electron chi connectivity index (χ3n) is 4.15. The largest absolute Gasteiger partial charge is 0.486 e. The van der Waals surface area contributed by atoms with E-state index in [-0.39, 0.29) is 12.2 Å². The third kappa shape index (κ3) is 5.06. The number of benzene rings is 1. The Morgan fingerprint density at radius 1 is 1.25 bits per heavy atom. The van der Waals surface area contributed by atoms with Gasteiger partial charge in [0.1, 0.15) is 23.7 Å². The predicted molar refractivity (Wildman–Crippen MR) is 104 cm³/mol. The first kappa shape index (κ1) is 19.3. The standard InChI is InChI=1S/C20H23N5O3/c1-14-11-15(2)25(24-14)10-6-9-21-19(26)17-12-22-18(23-20(17)27)13-28-16-7-4-3-5-8-16/h3-5,7-8,11-12H,6,9-10,13H2,1-2H3,(H,21,26)(H,22,23,27). The molecule has 28 heavy (non-hydrogen) atoms. The number of amides is 1. The number of carbonyl (C=O) groups is 1. The van der Waals surface area contributed by atoms with E-state index in [1.54, 1.807) is 0 Å². The molecule has 0 aliphatic heterocycles. The van der Waals surface area contributed by atoms with Gasteiger partial charge in [0.25, 0.3) is 11.5 Å². The first-order valence-corrected chi connectivity index (χ1v) is 9.08. The Labute approximate surface area is 162 Å². The Kier molecular flexibility index (Phi) is 6.21. The van der Waals surface area contributed by atoms with Crippen LogP contribution in [0.2, 0.25) is 0 Å². The highest BCUT2D eigenvalue weighted by molar-refractivity contribution is 5.93. The van der Waals surface area contributed by atoms with Gasteiger partial charge in [0, 0.05) is 25.0 Å². The maximum Gasteiger partial charge on any atom is 0.263 e. The molecule has 0 radical (unpaired) electrons. The summed E-state index contributed by atoms with van der Waals surface area (Å²) in [4.78, 5) is 31.1. The van der Waals surface area contributed by atoms with Gasteiger partial charge in [-0.1, -0.05) is 18.2 Å². The number of aryl methyl sites for hydroxylation is 3. The molecule has 2 aromatic heterocycles. The third-order valence-corrected chi connectivity index (χ3v) is 4.15. The summed E-state index contributed by atoms with van der Waals surface area (Å²) in [5.41, 5.74) is 1.54. The molecular weight excluding hydrogens is 358 g/mol. The van der Waals surface area contributed by atoms with E-state index in [1.165, 1.54) is 6.20 Å². The summed E-state index contributed by atoms with van der Waals surface area (Å²) in [5, 5.41) is 7.12. The van der Waals surface area contributed by atoms with Crippen molar-refractivity contribution in [3.8, 4) is 5.75 Å². The SMILES string of the molecule is Cc1cc(C)n(CCCNC(=O)c2cnc(COc3ccccc3)[nH]c2=O)n1. The maximum absolute atomic E-state index is 12.2. The molecular formula is C20H23N5O3. The second-order valence-electron chi connectivity index (χ2n) is 6.43. The van der Waals surface area contributed by atoms with E-state index in [2.05, 4.69) is 20.4 Å². The van der Waals surface area contributed by atoms with Gasteiger partial charge in [0.05, 0.1) is 5.69 Å². The zero-order valence-corrected chi connectivity index (χ0v) is 15.9. The minimum absolute atomic E-state index is 0.0189. The lowest BCUT2D eigenvalue weighted by molar-refractivity contribution is 0.0950. The number of nitrogens with one attached hydrogen (secondary N) is 2. The lowest BCUT2D eigenvalue weighted by atomic mass is 10.3. The molecule has 146 valence electrons. The molecule has 3 aromatic rings. The molecule has 0 bridgehead atoms. The van der Waals surface area contributed by atoms with Gasteiger partial charge in [-0.2, -0.15) is 5.10 Å². The van der Waals surface area contributed by atoms with Crippen LogP contribution in [0.1, 0.15) is 34.0 Å². The number of aromatic amines is 1. The van der Waals surface area contributed by atoms with Gasteiger partial charge in [0.2, 0.25) is 0 Å². The van der Waals surface area contributed by atoms with E-state index in [4.69, 9.17) is 4.74 Å². The normalized spacial score (nSPS) is 10.6. The van der Waals surface area contributed by atoms with Gasteiger partial charge in [-0.3, -0.25) is 14.3 Å². The number of hydrogen-bond donors (Lipinski definition) is 2. The molecule has 0 unspecified atom stereocenters. The zero-order chi connectivity index (χ0) is 19.9. The van der Waals surface area contributed by atoms with Crippen molar-refractivity contribution in [3.63, 3.8) is 0 Å². The van der Waals surface area contributed by atoms with Gasteiger partial charge in [0.15, 0.2) is 0 Å². The van der Waals surface area contributed by atoms with Crippen LogP contribution >= 0.6 is 0 Å². The lowest BCUT2D eigenvalue weighted by Gasteiger charge is -2.08. The zero-order valence-electron chi connectivity index (χ0n) is 15.9. The molecule has 0 fully saturated rings. The second kappa shape index (κ2) is 8.98. The van der Waals surface area contributed by atoms with Crippen LogP contribution in [0, 0.1) is 13.8 Å². The number of rotatable bonds is 8. The summed E-state index contributed by atoms with van der Waals surface area (Å²) in [6.07, 6.45) is 1.99. The fraction of sp³-hybridized carbons (Fsp3) is 0.300. The Bertz CT molecular complexity index is 995. The van der Waals surface area contributed by atoms with Crippen molar-refractivity contribution >= 4 is 5.91 Å². The van der Waals surface area contributed by atoms with Crippen LogP contribution in [0.25, 0.3) is 0 Å². The van der Waals surface area contributed by atoms with Crippen LogP contribution < -0.4 is 15.6 Å². The maximum atomic E-state index is 12.2. The van der Waals surface area contributed by atoms with Gasteiger partial charge in [-0.05, 0) is 38.5 Å². The highest BCUT2D eigenvalue weighted by Crippen LogP contribution is 2.09. The average molecular weight is 381 g/mol. The minimum Gasteiger partial charge on any atom is -0.486 e. The van der Waals surface area contributed by atoms with Gasteiger partial charge >= 0.3 is 0 Å².